The summed E-state index contributed by atoms with van der Waals surface area (Å²) in [7, 11) is -4.63. The molecule has 0 atom stereocenters. The first-order valence-corrected chi connectivity index (χ1v) is 21.6. The van der Waals surface area contributed by atoms with E-state index in [9.17, 15) is 25.3 Å². The number of rotatable bonds is 6. The third-order valence-electron chi connectivity index (χ3n) is 4.81. The number of benzene rings is 3. The zero-order chi connectivity index (χ0) is 25.7. The van der Waals surface area contributed by atoms with Gasteiger partial charge < -0.3 is 0 Å². The maximum absolute atomic E-state index is 13.7. The van der Waals surface area contributed by atoms with Crippen LogP contribution >= 0.6 is 24.6 Å². The van der Waals surface area contributed by atoms with E-state index in [0.717, 1.165) is 0 Å². The molecule has 3 rings (SSSR count). The predicted molar refractivity (Wildman–Crippen MR) is 135 cm³/mol. The Morgan fingerprint density at radius 2 is 0.735 bits per heavy atom. The predicted octanol–water partition coefficient (Wildman–Crippen LogP) is 5.67. The van der Waals surface area contributed by atoms with Gasteiger partial charge in [-0.2, -0.15) is 25.3 Å². The normalized spacial score (nSPS) is 12.3. The van der Waals surface area contributed by atoms with E-state index in [1.165, 1.54) is 75.4 Å². The molecule has 0 aromatic heterocycles. The quantitative estimate of drug-likeness (QED) is 0.247. The standard InChI is InChI=1S/C21H21O6PS3.2ClH.Pd/c1-16-10-4-7-13-19(16)29(22,23)28(30(24,25)20-14-8-5-11-17(20)2)31(26,27)21-15-9-6-12-18(21)3;;;/h4-15H,1-3H3;2*1H;/q;;;+2/p-1. The summed E-state index contributed by atoms with van der Waals surface area (Å²) < 4.78 is 82.2. The molecule has 0 saturated carbocycles. The monoisotopic (exact) mass is 673 g/mol. The van der Waals surface area contributed by atoms with Crippen LogP contribution in [-0.4, -0.2) is 25.3 Å². The van der Waals surface area contributed by atoms with Crippen molar-refractivity contribution in [3.8, 4) is 0 Å². The first kappa shape index (κ1) is 29.4. The Hall–Kier alpha value is -0.818. The Bertz CT molecular complexity index is 1310. The molecule has 0 bridgehead atoms. The zero-order valence-corrected chi connectivity index (χ0v) is 24.7. The van der Waals surface area contributed by atoms with E-state index in [-0.39, 0.29) is 47.3 Å². The summed E-state index contributed by atoms with van der Waals surface area (Å²) in [6.07, 6.45) is 0. The molecular formula is C21H22Cl2O6PPdS3+. The number of aryl methyl sites for hydroxylation is 3. The fraction of sp³-hybridized carbons (Fsp3) is 0.143. The molecule has 0 heterocycles. The zero-order valence-electron chi connectivity index (χ0n) is 18.2. The summed E-state index contributed by atoms with van der Waals surface area (Å²) in [6.45, 7) is 4.52. The van der Waals surface area contributed by atoms with Gasteiger partial charge in [0.05, 0.1) is 0 Å². The molecule has 188 valence electrons. The van der Waals surface area contributed by atoms with E-state index in [2.05, 4.69) is 0 Å². The van der Waals surface area contributed by atoms with Crippen molar-refractivity contribution in [1.29, 1.82) is 0 Å². The van der Waals surface area contributed by atoms with E-state index < -0.39 is 33.9 Å². The van der Waals surface area contributed by atoms with Crippen LogP contribution in [0.2, 0.25) is 0 Å². The van der Waals surface area contributed by atoms with Crippen molar-refractivity contribution in [2.45, 2.75) is 35.5 Å². The molecule has 0 unspecified atom stereocenters. The van der Waals surface area contributed by atoms with Crippen LogP contribution in [0.1, 0.15) is 16.7 Å². The van der Waals surface area contributed by atoms with Gasteiger partial charge in [0.15, 0.2) is 0 Å². The average molecular weight is 675 g/mol. The van der Waals surface area contributed by atoms with Gasteiger partial charge in [0.25, 0.3) is 0 Å². The van der Waals surface area contributed by atoms with Crippen molar-refractivity contribution in [1.82, 2.24) is 0 Å². The van der Waals surface area contributed by atoms with E-state index >= 15 is 0 Å². The minimum absolute atomic E-state index is 0.106. The number of halogens is 2. The Balaban J connectivity index is 0.00000129. The molecule has 0 spiro atoms. The molecule has 0 N–H and O–H groups in total. The molecule has 0 radical (unpaired) electrons. The van der Waals surface area contributed by atoms with Gasteiger partial charge in [0.1, 0.15) is 14.7 Å². The Labute approximate surface area is 217 Å². The molecule has 0 saturated heterocycles. The van der Waals surface area contributed by atoms with Crippen LogP contribution in [0.5, 0.6) is 0 Å². The number of hydrogen-bond donors (Lipinski definition) is 0. The summed E-state index contributed by atoms with van der Waals surface area (Å²) in [5.74, 6) is 0. The molecule has 0 aliphatic carbocycles. The third-order valence-corrected chi connectivity index (χ3v) is 27.0. The molecular weight excluding hydrogens is 653 g/mol. The van der Waals surface area contributed by atoms with Crippen LogP contribution in [-0.2, 0) is 44.3 Å². The van der Waals surface area contributed by atoms with Gasteiger partial charge in [0, 0.05) is 0 Å². The van der Waals surface area contributed by atoms with Crippen molar-refractivity contribution >= 4 is 53.0 Å². The van der Waals surface area contributed by atoms with E-state index in [1.54, 1.807) is 18.2 Å². The van der Waals surface area contributed by atoms with Crippen LogP contribution in [0.25, 0.3) is 0 Å². The summed E-state index contributed by atoms with van der Waals surface area (Å²) in [5, 5.41) is 0. The SMILES string of the molecule is Cc1ccccc1S(=O)(=O)[PH+](S(=O)(=O)c1ccccc1C)S(=O)(=O)c1ccccc1C.[Cl][Pd][Cl]. The molecule has 3 aromatic carbocycles. The van der Waals surface area contributed by atoms with Crippen molar-refractivity contribution in [2.24, 2.45) is 0 Å². The first-order chi connectivity index (χ1) is 15.8. The second-order valence-corrected chi connectivity index (χ2v) is 25.1. The molecule has 6 nitrogen and oxygen atoms in total. The molecule has 0 amide bonds. The van der Waals surface area contributed by atoms with Crippen LogP contribution in [0, 0.1) is 20.8 Å². The number of hydrogen-bond acceptors (Lipinski definition) is 6. The van der Waals surface area contributed by atoms with Gasteiger partial charge in [-0.25, -0.2) is 0 Å². The van der Waals surface area contributed by atoms with Gasteiger partial charge in [-0.05, 0) is 55.7 Å². The molecule has 3 aromatic rings. The summed E-state index contributed by atoms with van der Waals surface area (Å²) in [5.41, 5.74) is -3.33. The molecule has 0 fully saturated rings. The van der Waals surface area contributed by atoms with Crippen LogP contribution in [0.4, 0.5) is 0 Å². The summed E-state index contributed by atoms with van der Waals surface area (Å²) in [4.78, 5) is -0.880. The van der Waals surface area contributed by atoms with E-state index in [1.807, 2.05) is 0 Å². The average Bonchev–Trinajstić information content (AvgIpc) is 2.74. The summed E-state index contributed by atoms with van der Waals surface area (Å²) >= 11 is -0.106. The van der Waals surface area contributed by atoms with Crippen LogP contribution in [0.3, 0.4) is 0 Å². The van der Waals surface area contributed by atoms with Crippen LogP contribution < -0.4 is 0 Å². The van der Waals surface area contributed by atoms with E-state index in [4.69, 9.17) is 19.1 Å². The van der Waals surface area contributed by atoms with Crippen molar-refractivity contribution in [3.63, 3.8) is 0 Å². The van der Waals surface area contributed by atoms with Crippen LogP contribution in [0.15, 0.2) is 87.5 Å². The second kappa shape index (κ2) is 11.9. The van der Waals surface area contributed by atoms with Crippen molar-refractivity contribution in [2.75, 3.05) is 0 Å². The third kappa shape index (κ3) is 6.11. The molecule has 0 aliphatic heterocycles. The minimum atomic E-state index is -4.75. The molecule has 0 aliphatic rings. The van der Waals surface area contributed by atoms with Gasteiger partial charge in [-0.1, -0.05) is 54.6 Å². The molecule has 34 heavy (non-hydrogen) atoms. The van der Waals surface area contributed by atoms with Crippen molar-refractivity contribution < 1.29 is 41.2 Å². The topological polar surface area (TPSA) is 102 Å². The summed E-state index contributed by atoms with van der Waals surface area (Å²) in [6, 6.07) is 17.4. The maximum atomic E-state index is 13.7. The fourth-order valence-electron chi connectivity index (χ4n) is 3.28. The molecule has 13 heteroatoms. The Kier molecular flexibility index (Phi) is 10.3. The van der Waals surface area contributed by atoms with Gasteiger partial charge in [-0.15, -0.1) is 0 Å². The van der Waals surface area contributed by atoms with Gasteiger partial charge >= 0.3 is 68.9 Å². The second-order valence-electron chi connectivity index (χ2n) is 7.10. The van der Waals surface area contributed by atoms with Crippen molar-refractivity contribution in [3.05, 3.63) is 89.5 Å². The fourth-order valence-corrected chi connectivity index (χ4v) is 25.9. The van der Waals surface area contributed by atoms with E-state index in [0.29, 0.717) is 0 Å². The first-order valence-electron chi connectivity index (χ1n) is 9.45. The Morgan fingerprint density at radius 3 is 0.941 bits per heavy atom. The van der Waals surface area contributed by atoms with Gasteiger partial charge in [0.2, 0.25) is 0 Å². The van der Waals surface area contributed by atoms with Gasteiger partial charge in [-0.3, -0.25) is 0 Å². The Morgan fingerprint density at radius 1 is 0.529 bits per heavy atom.